The number of rotatable bonds is 5. The maximum absolute atomic E-state index is 5.12. The van der Waals surface area contributed by atoms with Crippen molar-refractivity contribution in [1.82, 2.24) is 19.5 Å². The summed E-state index contributed by atoms with van der Waals surface area (Å²) in [5.74, 6) is 1.92. The third kappa shape index (κ3) is 4.63. The van der Waals surface area contributed by atoms with Crippen LogP contribution in [0.2, 0.25) is 0 Å². The van der Waals surface area contributed by atoms with Gasteiger partial charge in [0.05, 0.1) is 16.7 Å². The summed E-state index contributed by atoms with van der Waals surface area (Å²) in [6.07, 6.45) is 0. The van der Waals surface area contributed by atoms with Crippen molar-refractivity contribution in [1.29, 1.82) is 0 Å². The summed E-state index contributed by atoms with van der Waals surface area (Å²) in [6.45, 7) is 0. The molecule has 3 aromatic heterocycles. The Kier molecular flexibility index (Phi) is 6.64. The van der Waals surface area contributed by atoms with E-state index in [4.69, 9.17) is 15.0 Å². The Morgan fingerprint density at radius 2 is 0.960 bits per heavy atom. The maximum atomic E-state index is 5.12. The molecular formula is C45H28N4S. The minimum Gasteiger partial charge on any atom is -0.308 e. The van der Waals surface area contributed by atoms with E-state index in [1.54, 1.807) is 0 Å². The number of benzene rings is 7. The van der Waals surface area contributed by atoms with Crippen LogP contribution in [0.3, 0.4) is 0 Å². The number of nitrogens with zero attached hydrogens (tertiary/aromatic N) is 4. The molecule has 0 radical (unpaired) electrons. The van der Waals surface area contributed by atoms with E-state index >= 15 is 0 Å². The number of para-hydroxylation sites is 2. The van der Waals surface area contributed by atoms with Crippen molar-refractivity contribution in [3.63, 3.8) is 0 Å². The summed E-state index contributed by atoms with van der Waals surface area (Å²) in [7, 11) is 0. The van der Waals surface area contributed by atoms with E-state index in [1.807, 2.05) is 72.0 Å². The molecule has 234 valence electrons. The second-order valence-electron chi connectivity index (χ2n) is 12.4. The number of hydrogen-bond donors (Lipinski definition) is 0. The van der Waals surface area contributed by atoms with Crippen LogP contribution in [0.5, 0.6) is 0 Å². The smallest absolute Gasteiger partial charge is 0.166 e. The van der Waals surface area contributed by atoms with E-state index in [0.717, 1.165) is 33.4 Å². The Balaban J connectivity index is 1.22. The third-order valence-electron chi connectivity index (χ3n) is 9.47. The standard InChI is InChI=1S/C45H28N4S/c1-3-14-29(15-4-1)43-46-44(30-16-5-2-6-17-30)48-45(47-43)37-20-8-11-24-39(37)49-38-23-10-7-18-33(38)34-27-26-31(28-40(34)49)32-21-13-22-36-35-19-9-12-25-41(35)50-42(32)36/h1-28H. The molecule has 0 fully saturated rings. The van der Waals surface area contributed by atoms with E-state index in [2.05, 4.69) is 114 Å². The Morgan fingerprint density at radius 3 is 1.74 bits per heavy atom. The quantitative estimate of drug-likeness (QED) is 0.185. The molecule has 0 aliphatic rings. The lowest BCUT2D eigenvalue weighted by Gasteiger charge is -2.15. The highest BCUT2D eigenvalue weighted by Crippen LogP contribution is 2.42. The van der Waals surface area contributed by atoms with Gasteiger partial charge in [0.2, 0.25) is 0 Å². The average molecular weight is 657 g/mol. The molecule has 3 heterocycles. The Hall–Kier alpha value is -6.43. The first-order chi connectivity index (χ1) is 24.8. The van der Waals surface area contributed by atoms with Gasteiger partial charge in [-0.2, -0.15) is 0 Å². The predicted molar refractivity (Wildman–Crippen MR) is 209 cm³/mol. The van der Waals surface area contributed by atoms with Gasteiger partial charge in [0.1, 0.15) is 0 Å². The van der Waals surface area contributed by atoms with E-state index in [1.165, 1.54) is 42.1 Å². The van der Waals surface area contributed by atoms with Crippen LogP contribution >= 0.6 is 11.3 Å². The van der Waals surface area contributed by atoms with Crippen molar-refractivity contribution in [3.8, 4) is 51.0 Å². The molecular weight excluding hydrogens is 629 g/mol. The first-order valence-electron chi connectivity index (χ1n) is 16.7. The van der Waals surface area contributed by atoms with Crippen LogP contribution in [-0.4, -0.2) is 19.5 Å². The third-order valence-corrected chi connectivity index (χ3v) is 10.7. The zero-order valence-electron chi connectivity index (χ0n) is 26.9. The molecule has 4 nitrogen and oxygen atoms in total. The van der Waals surface area contributed by atoms with Gasteiger partial charge in [-0.25, -0.2) is 15.0 Å². The molecule has 10 aromatic rings. The SMILES string of the molecule is c1ccc(-c2nc(-c3ccccc3)nc(-c3ccccc3-n3c4ccccc4c4ccc(-c5cccc6c5sc5ccccc56)cc43)n2)cc1. The van der Waals surface area contributed by atoms with Gasteiger partial charge in [0.25, 0.3) is 0 Å². The van der Waals surface area contributed by atoms with Gasteiger partial charge in [-0.15, -0.1) is 11.3 Å². The molecule has 0 bridgehead atoms. The van der Waals surface area contributed by atoms with Crippen LogP contribution in [-0.2, 0) is 0 Å². The number of fused-ring (bicyclic) bond motifs is 6. The normalized spacial score (nSPS) is 11.6. The van der Waals surface area contributed by atoms with Crippen LogP contribution in [0.25, 0.3) is 93.0 Å². The van der Waals surface area contributed by atoms with E-state index in [-0.39, 0.29) is 0 Å². The van der Waals surface area contributed by atoms with Crippen molar-refractivity contribution in [2.45, 2.75) is 0 Å². The second-order valence-corrected chi connectivity index (χ2v) is 13.5. The number of thiophene rings is 1. The number of aromatic nitrogens is 4. The highest BCUT2D eigenvalue weighted by Gasteiger charge is 2.20. The summed E-state index contributed by atoms with van der Waals surface area (Å²) >= 11 is 1.86. The molecule has 10 rings (SSSR count). The molecule has 0 saturated heterocycles. The lowest BCUT2D eigenvalue weighted by atomic mass is 10.0. The van der Waals surface area contributed by atoms with Crippen LogP contribution < -0.4 is 0 Å². The Morgan fingerprint density at radius 1 is 0.380 bits per heavy atom. The van der Waals surface area contributed by atoms with Gasteiger partial charge in [-0.1, -0.05) is 140 Å². The molecule has 0 saturated carbocycles. The van der Waals surface area contributed by atoms with Gasteiger partial charge in [-0.05, 0) is 41.5 Å². The molecule has 0 N–H and O–H groups in total. The zero-order valence-corrected chi connectivity index (χ0v) is 27.7. The monoisotopic (exact) mass is 656 g/mol. The van der Waals surface area contributed by atoms with Crippen LogP contribution in [0.15, 0.2) is 170 Å². The second kappa shape index (κ2) is 11.6. The van der Waals surface area contributed by atoms with Crippen molar-refractivity contribution >= 4 is 53.3 Å². The van der Waals surface area contributed by atoms with Crippen molar-refractivity contribution < 1.29 is 0 Å². The fourth-order valence-corrected chi connectivity index (χ4v) is 8.40. The lowest BCUT2D eigenvalue weighted by Crippen LogP contribution is -2.03. The molecule has 0 amide bonds. The minimum absolute atomic E-state index is 0.630. The molecule has 0 spiro atoms. The molecule has 0 aliphatic heterocycles. The lowest BCUT2D eigenvalue weighted by molar-refractivity contribution is 1.06. The van der Waals surface area contributed by atoms with Crippen LogP contribution in [0, 0.1) is 0 Å². The molecule has 7 aromatic carbocycles. The number of hydrogen-bond acceptors (Lipinski definition) is 4. The van der Waals surface area contributed by atoms with E-state index < -0.39 is 0 Å². The summed E-state index contributed by atoms with van der Waals surface area (Å²) in [5, 5.41) is 5.01. The van der Waals surface area contributed by atoms with Gasteiger partial charge in [-0.3, -0.25) is 0 Å². The van der Waals surface area contributed by atoms with E-state index in [0.29, 0.717) is 17.5 Å². The van der Waals surface area contributed by atoms with Crippen LogP contribution in [0.4, 0.5) is 0 Å². The maximum Gasteiger partial charge on any atom is 0.166 e. The first-order valence-corrected chi connectivity index (χ1v) is 17.5. The highest BCUT2D eigenvalue weighted by molar-refractivity contribution is 7.26. The molecule has 5 heteroatoms. The molecule has 50 heavy (non-hydrogen) atoms. The van der Waals surface area contributed by atoms with Crippen LogP contribution in [0.1, 0.15) is 0 Å². The minimum atomic E-state index is 0.630. The highest BCUT2D eigenvalue weighted by atomic mass is 32.1. The fourth-order valence-electron chi connectivity index (χ4n) is 7.16. The average Bonchev–Trinajstić information content (AvgIpc) is 3.74. The molecule has 0 aliphatic carbocycles. The van der Waals surface area contributed by atoms with Gasteiger partial charge < -0.3 is 4.57 Å². The summed E-state index contributed by atoms with van der Waals surface area (Å²) in [6, 6.07) is 59.7. The van der Waals surface area contributed by atoms with Crippen molar-refractivity contribution in [2.75, 3.05) is 0 Å². The summed E-state index contributed by atoms with van der Waals surface area (Å²) in [5.41, 5.74) is 8.54. The molecule has 0 atom stereocenters. The van der Waals surface area contributed by atoms with Gasteiger partial charge in [0.15, 0.2) is 17.5 Å². The zero-order chi connectivity index (χ0) is 33.0. The fraction of sp³-hybridized carbons (Fsp3) is 0. The summed E-state index contributed by atoms with van der Waals surface area (Å²) in [4.78, 5) is 15.2. The summed E-state index contributed by atoms with van der Waals surface area (Å²) < 4.78 is 4.99. The van der Waals surface area contributed by atoms with Gasteiger partial charge >= 0.3 is 0 Å². The van der Waals surface area contributed by atoms with Crippen molar-refractivity contribution in [3.05, 3.63) is 170 Å². The Labute approximate surface area is 292 Å². The Bertz CT molecular complexity index is 2810. The largest absolute Gasteiger partial charge is 0.308 e. The molecule has 0 unspecified atom stereocenters. The van der Waals surface area contributed by atoms with Crippen molar-refractivity contribution in [2.24, 2.45) is 0 Å². The van der Waals surface area contributed by atoms with E-state index in [9.17, 15) is 0 Å². The van der Waals surface area contributed by atoms with Gasteiger partial charge in [0, 0.05) is 47.6 Å². The topological polar surface area (TPSA) is 43.6 Å². The first kappa shape index (κ1) is 28.6. The predicted octanol–water partition coefficient (Wildman–Crippen LogP) is 12.0.